The van der Waals surface area contributed by atoms with E-state index in [0.29, 0.717) is 17.0 Å². The van der Waals surface area contributed by atoms with Gasteiger partial charge in [-0.25, -0.2) is 0 Å². The lowest BCUT2D eigenvalue weighted by Gasteiger charge is -2.46. The van der Waals surface area contributed by atoms with Gasteiger partial charge in [-0.1, -0.05) is 25.0 Å². The summed E-state index contributed by atoms with van der Waals surface area (Å²) in [5, 5.41) is 0. The molecule has 1 saturated heterocycles. The molecule has 2 heterocycles. The second-order valence-electron chi connectivity index (χ2n) is 6.34. The summed E-state index contributed by atoms with van der Waals surface area (Å²) in [6, 6.07) is 6.77. The number of amides is 2. The Morgan fingerprint density at radius 3 is 2.35 bits per heavy atom. The zero-order valence-corrected chi connectivity index (χ0v) is 14.5. The lowest BCUT2D eigenvalue weighted by molar-refractivity contribution is -0.0330. The lowest BCUT2D eigenvalue weighted by Crippen LogP contribution is -2.43. The van der Waals surface area contributed by atoms with Gasteiger partial charge in [-0.2, -0.15) is 4.67 Å². The Bertz CT molecular complexity index is 702. The molecule has 0 aromatic heterocycles. The number of rotatable bonds is 1. The van der Waals surface area contributed by atoms with Crippen LogP contribution in [-0.4, -0.2) is 28.7 Å². The van der Waals surface area contributed by atoms with Gasteiger partial charge in [0.15, 0.2) is 0 Å². The van der Waals surface area contributed by atoms with E-state index in [1.165, 1.54) is 0 Å². The molecule has 2 amide bonds. The second-order valence-corrected chi connectivity index (χ2v) is 9.48. The molecular weight excluding hydrogens is 333 g/mol. The number of hydrogen-bond donors (Lipinski definition) is 0. The predicted molar refractivity (Wildman–Crippen MR) is 88.6 cm³/mol. The van der Waals surface area contributed by atoms with Gasteiger partial charge in [0.2, 0.25) is 0 Å². The molecule has 122 valence electrons. The summed E-state index contributed by atoms with van der Waals surface area (Å²) in [6.45, 7) is -1.16. The van der Waals surface area contributed by atoms with Gasteiger partial charge in [0.1, 0.15) is 0 Å². The summed E-state index contributed by atoms with van der Waals surface area (Å²) in [5.74, 6) is -0.485. The molecule has 2 fully saturated rings. The fourth-order valence-electron chi connectivity index (χ4n) is 3.77. The predicted octanol–water partition coefficient (Wildman–Crippen LogP) is 3.50. The molecule has 0 N–H and O–H groups in total. The van der Waals surface area contributed by atoms with Crippen LogP contribution in [0.3, 0.4) is 0 Å². The molecule has 1 saturated carbocycles. The second kappa shape index (κ2) is 5.49. The summed E-state index contributed by atoms with van der Waals surface area (Å²) in [5.41, 5.74) is 0.764. The first-order chi connectivity index (χ1) is 11.0. The lowest BCUT2D eigenvalue weighted by atomic mass is 9.83. The van der Waals surface area contributed by atoms with E-state index in [2.05, 4.69) is 0 Å². The number of carbonyl (C=O) groups excluding carboxylic acids is 2. The minimum atomic E-state index is -3.13. The maximum Gasteiger partial charge on any atom is 0.300 e. The van der Waals surface area contributed by atoms with Crippen molar-refractivity contribution < 1.29 is 18.6 Å². The number of fused-ring (bicyclic) bond motifs is 2. The maximum atomic E-state index is 12.7. The van der Waals surface area contributed by atoms with Crippen LogP contribution in [0.15, 0.2) is 24.3 Å². The van der Waals surface area contributed by atoms with Gasteiger partial charge in [0.05, 0.1) is 23.3 Å². The van der Waals surface area contributed by atoms with Gasteiger partial charge in [-0.15, -0.1) is 0 Å². The van der Waals surface area contributed by atoms with E-state index < -0.39 is 18.5 Å². The standard InChI is InChI=1S/C16H18NO4PS/c1-10-11-6-4-5-9-14(11)21-22(23,20-10)17-15(18)12-7-2-3-8-13(12)16(17)19/h2-3,7-8,10-11,14H,4-6,9H2,1H3. The minimum absolute atomic E-state index is 0.0114. The molecule has 4 unspecified atom stereocenters. The smallest absolute Gasteiger partial charge is 0.300 e. The molecule has 3 aliphatic rings. The van der Waals surface area contributed by atoms with Crippen molar-refractivity contribution in [2.24, 2.45) is 5.92 Å². The van der Waals surface area contributed by atoms with Crippen molar-refractivity contribution in [1.29, 1.82) is 0 Å². The fourth-order valence-corrected chi connectivity index (χ4v) is 7.03. The molecule has 23 heavy (non-hydrogen) atoms. The summed E-state index contributed by atoms with van der Waals surface area (Å²) >= 11 is 5.61. The van der Waals surface area contributed by atoms with Crippen LogP contribution in [0.5, 0.6) is 0 Å². The largest absolute Gasteiger partial charge is 0.310 e. The third-order valence-corrected chi connectivity index (χ3v) is 7.94. The van der Waals surface area contributed by atoms with Crippen molar-refractivity contribution in [2.45, 2.75) is 44.8 Å². The van der Waals surface area contributed by atoms with Crippen LogP contribution in [0.2, 0.25) is 0 Å². The van der Waals surface area contributed by atoms with Crippen LogP contribution in [0.25, 0.3) is 0 Å². The highest BCUT2D eigenvalue weighted by atomic mass is 32.5. The number of carbonyl (C=O) groups is 2. The van der Waals surface area contributed by atoms with E-state index in [1.54, 1.807) is 24.3 Å². The zero-order valence-electron chi connectivity index (χ0n) is 12.8. The third-order valence-electron chi connectivity index (χ3n) is 4.94. The van der Waals surface area contributed by atoms with Gasteiger partial charge < -0.3 is 9.05 Å². The highest BCUT2D eigenvalue weighted by Crippen LogP contribution is 2.62. The first-order valence-electron chi connectivity index (χ1n) is 7.96. The maximum absolute atomic E-state index is 12.7. The van der Waals surface area contributed by atoms with Crippen LogP contribution < -0.4 is 0 Å². The molecule has 4 atom stereocenters. The molecule has 0 bridgehead atoms. The van der Waals surface area contributed by atoms with Crippen molar-refractivity contribution in [3.63, 3.8) is 0 Å². The van der Waals surface area contributed by atoms with E-state index >= 15 is 0 Å². The molecule has 5 nitrogen and oxygen atoms in total. The molecule has 1 aliphatic carbocycles. The zero-order chi connectivity index (χ0) is 16.2. The van der Waals surface area contributed by atoms with Crippen LogP contribution >= 0.6 is 6.64 Å². The summed E-state index contributed by atoms with van der Waals surface area (Å²) in [4.78, 5) is 25.4. The highest BCUT2D eigenvalue weighted by Gasteiger charge is 2.51. The highest BCUT2D eigenvalue weighted by molar-refractivity contribution is 8.09. The average molecular weight is 351 g/mol. The van der Waals surface area contributed by atoms with E-state index in [9.17, 15) is 9.59 Å². The Labute approximate surface area is 140 Å². The van der Waals surface area contributed by atoms with Crippen LogP contribution in [0, 0.1) is 5.92 Å². The minimum Gasteiger partial charge on any atom is -0.310 e. The van der Waals surface area contributed by atoms with Gasteiger partial charge in [-0.3, -0.25) is 9.59 Å². The Morgan fingerprint density at radius 1 is 1.09 bits per heavy atom. The van der Waals surface area contributed by atoms with Gasteiger partial charge in [0.25, 0.3) is 18.5 Å². The van der Waals surface area contributed by atoms with E-state index in [4.69, 9.17) is 20.9 Å². The van der Waals surface area contributed by atoms with Gasteiger partial charge in [0, 0.05) is 5.92 Å². The van der Waals surface area contributed by atoms with Crippen molar-refractivity contribution in [3.05, 3.63) is 35.4 Å². The molecule has 0 radical (unpaired) electrons. The molecule has 2 aliphatic heterocycles. The van der Waals surface area contributed by atoms with E-state index in [1.807, 2.05) is 6.92 Å². The average Bonchev–Trinajstić information content (AvgIpc) is 2.80. The normalized spacial score (nSPS) is 36.7. The quantitative estimate of drug-likeness (QED) is 0.573. The molecule has 7 heteroatoms. The van der Waals surface area contributed by atoms with Crippen molar-refractivity contribution in [3.8, 4) is 0 Å². The molecule has 4 rings (SSSR count). The first kappa shape index (κ1) is 15.5. The van der Waals surface area contributed by atoms with Crippen molar-refractivity contribution >= 4 is 30.3 Å². The van der Waals surface area contributed by atoms with Crippen LogP contribution in [0.1, 0.15) is 53.3 Å². The number of benzene rings is 1. The van der Waals surface area contributed by atoms with E-state index in [0.717, 1.165) is 30.4 Å². The van der Waals surface area contributed by atoms with Crippen LogP contribution in [0.4, 0.5) is 0 Å². The number of hydrogen-bond acceptors (Lipinski definition) is 5. The van der Waals surface area contributed by atoms with Gasteiger partial charge >= 0.3 is 0 Å². The van der Waals surface area contributed by atoms with E-state index in [-0.39, 0.29) is 12.2 Å². The Hall–Kier alpha value is -1.07. The van der Waals surface area contributed by atoms with Crippen LogP contribution in [-0.2, 0) is 20.9 Å². The third kappa shape index (κ3) is 2.31. The van der Waals surface area contributed by atoms with Gasteiger partial charge in [-0.05, 0) is 43.7 Å². The molecule has 1 aromatic carbocycles. The first-order valence-corrected chi connectivity index (χ1v) is 10.6. The SMILES string of the molecule is CC1OP(=S)(N2C(=O)c3ccccc3C2=O)OC2CCCCC12. The fraction of sp³-hybridized carbons (Fsp3) is 0.500. The summed E-state index contributed by atoms with van der Waals surface area (Å²) < 4.78 is 13.2. The molecular formula is C16H18NO4PS. The number of imide groups is 1. The van der Waals surface area contributed by atoms with Crippen molar-refractivity contribution in [1.82, 2.24) is 4.67 Å². The monoisotopic (exact) mass is 351 g/mol. The Kier molecular flexibility index (Phi) is 3.69. The topological polar surface area (TPSA) is 55.8 Å². The molecule has 1 aromatic rings. The summed E-state index contributed by atoms with van der Waals surface area (Å²) in [6.07, 6.45) is 4.11. The Balaban J connectivity index is 1.69. The summed E-state index contributed by atoms with van der Waals surface area (Å²) in [7, 11) is 0. The number of nitrogens with zero attached hydrogens (tertiary/aromatic N) is 1. The Morgan fingerprint density at radius 2 is 1.70 bits per heavy atom. The van der Waals surface area contributed by atoms with Crippen molar-refractivity contribution in [2.75, 3.05) is 0 Å². The molecule has 0 spiro atoms.